The molecule has 1 aromatic heterocycles. The molecule has 2 rings (SSSR count). The molecule has 0 saturated heterocycles. The molecule has 0 aliphatic heterocycles. The first-order valence-corrected chi connectivity index (χ1v) is 7.22. The molecule has 0 unspecified atom stereocenters. The summed E-state index contributed by atoms with van der Waals surface area (Å²) in [5.41, 5.74) is -0.406. The predicted octanol–water partition coefficient (Wildman–Crippen LogP) is 1.68. The molecule has 0 aliphatic carbocycles. The summed E-state index contributed by atoms with van der Waals surface area (Å²) in [5.74, 6) is 0.521. The Kier molecular flexibility index (Phi) is 3.70. The van der Waals surface area contributed by atoms with Crippen molar-refractivity contribution < 1.29 is 13.3 Å². The minimum absolute atomic E-state index is 0.0925. The van der Waals surface area contributed by atoms with Gasteiger partial charge in [0.15, 0.2) is 5.03 Å². The molecule has 1 heterocycles. The minimum Gasteiger partial charge on any atom is -0.332 e. The number of hydrogen-bond acceptors (Lipinski definition) is 5. The Morgan fingerprint density at radius 2 is 2.10 bits per heavy atom. The summed E-state index contributed by atoms with van der Waals surface area (Å²) < 4.78 is 26.4. The number of nitrogens with one attached hydrogen (secondary N) is 2. The summed E-state index contributed by atoms with van der Waals surface area (Å²) >= 11 is 0. The smallest absolute Gasteiger partial charge is 0.293 e. The number of benzene rings is 1. The van der Waals surface area contributed by atoms with Crippen molar-refractivity contribution in [2.75, 3.05) is 4.72 Å². The van der Waals surface area contributed by atoms with Gasteiger partial charge in [0.1, 0.15) is 11.5 Å². The predicted molar refractivity (Wildman–Crippen MR) is 71.9 cm³/mol. The van der Waals surface area contributed by atoms with E-state index in [1.54, 1.807) is 0 Å². The van der Waals surface area contributed by atoms with Gasteiger partial charge in [0.25, 0.3) is 15.7 Å². The number of nitro benzene ring substituents is 1. The van der Waals surface area contributed by atoms with E-state index in [1.165, 1.54) is 30.5 Å². The number of aromatic nitrogens is 2. The first kappa shape index (κ1) is 14.0. The van der Waals surface area contributed by atoms with Crippen molar-refractivity contribution in [2.24, 2.45) is 0 Å². The second-order valence-corrected chi connectivity index (χ2v) is 5.58. The summed E-state index contributed by atoms with van der Waals surface area (Å²) in [6.07, 6.45) is 1.73. The van der Waals surface area contributed by atoms with Crippen molar-refractivity contribution in [3.63, 3.8) is 0 Å². The highest BCUT2D eigenvalue weighted by Crippen LogP contribution is 2.25. The number of nitrogens with zero attached hydrogens (tertiary/aromatic N) is 2. The maximum atomic E-state index is 12.1. The zero-order valence-corrected chi connectivity index (χ0v) is 11.3. The average molecular weight is 296 g/mol. The van der Waals surface area contributed by atoms with Crippen LogP contribution in [0.5, 0.6) is 0 Å². The lowest BCUT2D eigenvalue weighted by atomic mass is 10.3. The van der Waals surface area contributed by atoms with Crippen LogP contribution in [0.1, 0.15) is 12.7 Å². The Bertz CT molecular complexity index is 738. The largest absolute Gasteiger partial charge is 0.332 e. The fourth-order valence-corrected chi connectivity index (χ4v) is 2.59. The van der Waals surface area contributed by atoms with E-state index in [-0.39, 0.29) is 16.4 Å². The van der Waals surface area contributed by atoms with E-state index in [0.717, 1.165) is 0 Å². The highest BCUT2D eigenvalue weighted by molar-refractivity contribution is 7.92. The molecule has 0 radical (unpaired) electrons. The van der Waals surface area contributed by atoms with Crippen LogP contribution in [0.15, 0.2) is 35.5 Å². The Morgan fingerprint density at radius 1 is 1.40 bits per heavy atom. The molecule has 9 heteroatoms. The van der Waals surface area contributed by atoms with Crippen LogP contribution in [-0.4, -0.2) is 23.3 Å². The van der Waals surface area contributed by atoms with Gasteiger partial charge in [-0.15, -0.1) is 0 Å². The third kappa shape index (κ3) is 2.77. The summed E-state index contributed by atoms with van der Waals surface area (Å²) in [5, 5.41) is 10.7. The quantitative estimate of drug-likeness (QED) is 0.642. The first-order chi connectivity index (χ1) is 9.44. The van der Waals surface area contributed by atoms with E-state index in [2.05, 4.69) is 14.7 Å². The van der Waals surface area contributed by atoms with Gasteiger partial charge in [0, 0.05) is 12.5 Å². The molecule has 2 N–H and O–H groups in total. The number of aryl methyl sites for hydroxylation is 1. The average Bonchev–Trinajstić information content (AvgIpc) is 2.88. The number of anilines is 1. The standard InChI is InChI=1S/C11H12N4O4S/c1-2-10-12-7-11(13-10)20(18,19)14-8-5-3-4-6-9(8)15(16)17/h3-7,14H,2H2,1H3,(H,12,13). The molecule has 1 aromatic carbocycles. The van der Waals surface area contributed by atoms with Crippen molar-refractivity contribution >= 4 is 21.4 Å². The highest BCUT2D eigenvalue weighted by atomic mass is 32.2. The molecule has 0 aliphatic rings. The van der Waals surface area contributed by atoms with Crippen LogP contribution in [0.4, 0.5) is 11.4 Å². The lowest BCUT2D eigenvalue weighted by Crippen LogP contribution is -2.14. The van der Waals surface area contributed by atoms with Crippen LogP contribution < -0.4 is 4.72 Å². The number of rotatable bonds is 5. The topological polar surface area (TPSA) is 118 Å². The maximum Gasteiger partial charge on any atom is 0.293 e. The fourth-order valence-electron chi connectivity index (χ4n) is 1.58. The Hall–Kier alpha value is -2.42. The molecule has 106 valence electrons. The Labute approximate surface area is 115 Å². The fraction of sp³-hybridized carbons (Fsp3) is 0.182. The highest BCUT2D eigenvalue weighted by Gasteiger charge is 2.21. The number of para-hydroxylation sites is 2. The molecule has 0 spiro atoms. The van der Waals surface area contributed by atoms with E-state index >= 15 is 0 Å². The van der Waals surface area contributed by atoms with Crippen molar-refractivity contribution in [3.05, 3.63) is 46.4 Å². The third-order valence-electron chi connectivity index (χ3n) is 2.57. The monoisotopic (exact) mass is 296 g/mol. The molecule has 0 fully saturated rings. The molecule has 8 nitrogen and oxygen atoms in total. The van der Waals surface area contributed by atoms with Crippen molar-refractivity contribution in [1.29, 1.82) is 0 Å². The van der Waals surface area contributed by atoms with Gasteiger partial charge < -0.3 is 4.98 Å². The van der Waals surface area contributed by atoms with Gasteiger partial charge in [0.2, 0.25) is 0 Å². The van der Waals surface area contributed by atoms with Crippen molar-refractivity contribution in [1.82, 2.24) is 9.97 Å². The number of hydrogen-bond donors (Lipinski definition) is 2. The SMILES string of the molecule is CCc1ncc(S(=O)(=O)Nc2ccccc2[N+](=O)[O-])[nH]1. The van der Waals surface area contributed by atoms with Gasteiger partial charge in [-0.05, 0) is 6.07 Å². The Balaban J connectivity index is 2.36. The zero-order valence-electron chi connectivity index (χ0n) is 10.5. The van der Waals surface area contributed by atoms with E-state index < -0.39 is 14.9 Å². The molecule has 2 aromatic rings. The molecular weight excluding hydrogens is 284 g/mol. The van der Waals surface area contributed by atoms with Crippen LogP contribution in [0.3, 0.4) is 0 Å². The second kappa shape index (κ2) is 5.29. The van der Waals surface area contributed by atoms with Crippen LogP contribution in [0.2, 0.25) is 0 Å². The summed E-state index contributed by atoms with van der Waals surface area (Å²) in [6.45, 7) is 1.82. The van der Waals surface area contributed by atoms with Crippen LogP contribution >= 0.6 is 0 Å². The van der Waals surface area contributed by atoms with Crippen molar-refractivity contribution in [3.8, 4) is 0 Å². The number of sulfonamides is 1. The number of nitro groups is 1. The molecule has 0 atom stereocenters. The van der Waals surface area contributed by atoms with Crippen LogP contribution in [-0.2, 0) is 16.4 Å². The van der Waals surface area contributed by atoms with Gasteiger partial charge in [-0.1, -0.05) is 19.1 Å². The summed E-state index contributed by atoms with van der Waals surface area (Å²) in [6, 6.07) is 5.52. The summed E-state index contributed by atoms with van der Waals surface area (Å²) in [4.78, 5) is 16.7. The van der Waals surface area contributed by atoms with Gasteiger partial charge in [0.05, 0.1) is 11.1 Å². The first-order valence-electron chi connectivity index (χ1n) is 5.74. The van der Waals surface area contributed by atoms with E-state index in [1.807, 2.05) is 6.92 Å². The lowest BCUT2D eigenvalue weighted by Gasteiger charge is -2.06. The maximum absolute atomic E-state index is 12.1. The number of aromatic amines is 1. The minimum atomic E-state index is -3.93. The number of H-pyrrole nitrogens is 1. The van der Waals surface area contributed by atoms with E-state index in [4.69, 9.17) is 0 Å². The zero-order chi connectivity index (χ0) is 14.8. The molecule has 0 amide bonds. The van der Waals surface area contributed by atoms with Crippen LogP contribution in [0, 0.1) is 10.1 Å². The Morgan fingerprint density at radius 3 is 2.70 bits per heavy atom. The van der Waals surface area contributed by atoms with E-state index in [0.29, 0.717) is 12.2 Å². The second-order valence-electron chi connectivity index (χ2n) is 3.93. The van der Waals surface area contributed by atoms with Gasteiger partial charge in [-0.3, -0.25) is 14.8 Å². The molecule has 0 saturated carbocycles. The molecule has 0 bridgehead atoms. The normalized spacial score (nSPS) is 11.2. The van der Waals surface area contributed by atoms with Gasteiger partial charge >= 0.3 is 0 Å². The van der Waals surface area contributed by atoms with Crippen LogP contribution in [0.25, 0.3) is 0 Å². The summed E-state index contributed by atoms with van der Waals surface area (Å²) in [7, 11) is -3.93. The lowest BCUT2D eigenvalue weighted by molar-refractivity contribution is -0.383. The van der Waals surface area contributed by atoms with Gasteiger partial charge in [-0.25, -0.2) is 4.98 Å². The third-order valence-corrected chi connectivity index (χ3v) is 3.85. The molecule has 20 heavy (non-hydrogen) atoms. The number of imidazole rings is 1. The molecular formula is C11H12N4O4S. The van der Waals surface area contributed by atoms with Crippen molar-refractivity contribution in [2.45, 2.75) is 18.4 Å². The van der Waals surface area contributed by atoms with Gasteiger partial charge in [-0.2, -0.15) is 8.42 Å². The van der Waals surface area contributed by atoms with E-state index in [9.17, 15) is 18.5 Å².